The van der Waals surface area contributed by atoms with Gasteiger partial charge in [0.1, 0.15) is 18.0 Å². The van der Waals surface area contributed by atoms with Gasteiger partial charge < -0.3 is 20.7 Å². The number of alkyl carbamates (subject to hydrolysis) is 1. The number of nitrogens with two attached hydrogens (primary N) is 1. The summed E-state index contributed by atoms with van der Waals surface area (Å²) in [6.07, 6.45) is 1.09. The quantitative estimate of drug-likeness (QED) is 0.463. The summed E-state index contributed by atoms with van der Waals surface area (Å²) in [6.45, 7) is 11.8. The van der Waals surface area contributed by atoms with Gasteiger partial charge in [0.2, 0.25) is 0 Å². The number of rotatable bonds is 3. The van der Waals surface area contributed by atoms with Crippen molar-refractivity contribution >= 4 is 23.6 Å². The summed E-state index contributed by atoms with van der Waals surface area (Å²) >= 11 is 0. The number of aliphatic hydroxyl groups excluding tert-OH is 2. The normalized spacial score (nSPS) is 42.0. The van der Waals surface area contributed by atoms with E-state index in [0.717, 1.165) is 6.42 Å². The molecule has 2 amide bonds. The maximum Gasteiger partial charge on any atom is 0.414 e. The number of hydrogen-bond acceptors (Lipinski definition) is 8. The molecule has 0 aromatic carbocycles. The van der Waals surface area contributed by atoms with E-state index in [-0.39, 0.29) is 41.8 Å². The third-order valence-electron chi connectivity index (χ3n) is 9.84. The van der Waals surface area contributed by atoms with Crippen LogP contribution in [0, 0.1) is 34.0 Å². The summed E-state index contributed by atoms with van der Waals surface area (Å²) in [5, 5.41) is 24.5. The van der Waals surface area contributed by atoms with E-state index in [2.05, 4.69) is 16.9 Å². The molecule has 196 valence electrons. The SMILES string of the molecule is C=C[C@]1(C)C[C@@H](OC(=O)NC(=O)c2ccc(N)nc2)[C@]2(C)[C@H](C)CC[C@]3(C[C@H](O)C(=O)[C@H]32)[C@@H](C)[C@@H]1O. The highest BCUT2D eigenvalue weighted by atomic mass is 16.6. The van der Waals surface area contributed by atoms with Crippen molar-refractivity contribution in [1.29, 1.82) is 0 Å². The molecule has 9 heteroatoms. The fourth-order valence-electron chi connectivity index (χ4n) is 7.35. The van der Waals surface area contributed by atoms with Gasteiger partial charge in [-0.05, 0) is 55.1 Å². The van der Waals surface area contributed by atoms with Gasteiger partial charge in [-0.1, -0.05) is 33.8 Å². The van der Waals surface area contributed by atoms with Gasteiger partial charge in [-0.15, -0.1) is 6.58 Å². The van der Waals surface area contributed by atoms with Crippen LogP contribution in [0.5, 0.6) is 0 Å². The second-order valence-electron chi connectivity index (χ2n) is 11.6. The molecule has 1 aromatic rings. The lowest BCUT2D eigenvalue weighted by Gasteiger charge is -2.61. The Kier molecular flexibility index (Phi) is 6.54. The maximum atomic E-state index is 13.5. The van der Waals surface area contributed by atoms with Gasteiger partial charge in [-0.2, -0.15) is 0 Å². The molecule has 0 aliphatic heterocycles. The Morgan fingerprint density at radius 2 is 1.94 bits per heavy atom. The van der Waals surface area contributed by atoms with Gasteiger partial charge >= 0.3 is 6.09 Å². The van der Waals surface area contributed by atoms with Gasteiger partial charge in [0.15, 0.2) is 5.78 Å². The molecule has 9 nitrogen and oxygen atoms in total. The predicted octanol–water partition coefficient (Wildman–Crippen LogP) is 2.86. The van der Waals surface area contributed by atoms with Crippen LogP contribution in [0.4, 0.5) is 10.6 Å². The number of Topliss-reactive ketones (excluding diaryl/α,β-unsaturated/α-hetero) is 1. The molecule has 1 aromatic heterocycles. The molecule has 1 heterocycles. The minimum atomic E-state index is -1.13. The number of nitrogen functional groups attached to an aromatic ring is 1. The largest absolute Gasteiger partial charge is 0.445 e. The van der Waals surface area contributed by atoms with Crippen molar-refractivity contribution in [2.75, 3.05) is 5.73 Å². The van der Waals surface area contributed by atoms with E-state index in [9.17, 15) is 24.6 Å². The molecule has 0 unspecified atom stereocenters. The van der Waals surface area contributed by atoms with Gasteiger partial charge in [0.25, 0.3) is 5.91 Å². The molecule has 5 N–H and O–H groups in total. The zero-order valence-electron chi connectivity index (χ0n) is 21.4. The number of aromatic nitrogens is 1. The first-order valence-corrected chi connectivity index (χ1v) is 12.6. The number of nitrogens with one attached hydrogen (secondary N) is 1. The van der Waals surface area contributed by atoms with E-state index >= 15 is 0 Å². The first kappa shape index (κ1) is 26.3. The molecule has 9 atom stereocenters. The molecule has 3 aliphatic rings. The second kappa shape index (κ2) is 8.95. The highest BCUT2D eigenvalue weighted by Crippen LogP contribution is 2.67. The molecule has 0 radical (unpaired) electrons. The Morgan fingerprint density at radius 1 is 1.25 bits per heavy atom. The Labute approximate surface area is 211 Å². The molecule has 36 heavy (non-hydrogen) atoms. The van der Waals surface area contributed by atoms with Crippen molar-refractivity contribution < 1.29 is 29.3 Å². The summed E-state index contributed by atoms with van der Waals surface area (Å²) in [5.74, 6) is -1.61. The number of carbonyl (C=O) groups excluding carboxylic acids is 3. The first-order chi connectivity index (χ1) is 16.8. The third kappa shape index (κ3) is 3.84. The molecule has 4 rings (SSSR count). The lowest BCUT2D eigenvalue weighted by molar-refractivity contribution is -0.191. The number of nitrogens with zero attached hydrogens (tertiary/aromatic N) is 1. The molecular formula is C27H37N3O6. The summed E-state index contributed by atoms with van der Waals surface area (Å²) in [6, 6.07) is 2.90. The van der Waals surface area contributed by atoms with Crippen molar-refractivity contribution in [1.82, 2.24) is 10.3 Å². The molecule has 3 aliphatic carbocycles. The average Bonchev–Trinajstić information content (AvgIpc) is 3.11. The fraction of sp³-hybridized carbons (Fsp3) is 0.630. The number of ketones is 1. The smallest absolute Gasteiger partial charge is 0.414 e. The van der Waals surface area contributed by atoms with Crippen LogP contribution in [-0.2, 0) is 9.53 Å². The maximum absolute atomic E-state index is 13.5. The van der Waals surface area contributed by atoms with E-state index in [0.29, 0.717) is 6.42 Å². The topological polar surface area (TPSA) is 152 Å². The molecular weight excluding hydrogens is 462 g/mol. The van der Waals surface area contributed by atoms with Crippen LogP contribution in [0.25, 0.3) is 0 Å². The number of ether oxygens (including phenoxy) is 1. The number of hydrogen-bond donors (Lipinski definition) is 4. The lowest BCUT2D eigenvalue weighted by Crippen LogP contribution is -2.63. The number of anilines is 1. The Bertz CT molecular complexity index is 1080. The van der Waals surface area contributed by atoms with E-state index in [1.54, 1.807) is 6.08 Å². The fourth-order valence-corrected chi connectivity index (χ4v) is 7.35. The monoisotopic (exact) mass is 499 g/mol. The third-order valence-corrected chi connectivity index (χ3v) is 9.84. The van der Waals surface area contributed by atoms with Gasteiger partial charge in [-0.25, -0.2) is 9.78 Å². The Balaban J connectivity index is 1.73. The zero-order valence-corrected chi connectivity index (χ0v) is 21.4. The standard InChI is InChI=1S/C27H37N3O6/c1-6-25(4)12-18(36-24(35)30-23(34)16-7-8-19(28)29-13-16)26(5)14(2)9-10-27(15(3)22(25)33)11-17(31)20(32)21(26)27/h6-8,13-15,17-18,21-22,31,33H,1,9-12H2,2-5H3,(H2,28,29)(H,30,34,35)/t14-,15+,17+,18-,21+,22+,25-,26+,27+/m1/s1. The van der Waals surface area contributed by atoms with E-state index in [4.69, 9.17) is 10.5 Å². The zero-order chi connectivity index (χ0) is 26.6. The van der Waals surface area contributed by atoms with Crippen LogP contribution < -0.4 is 11.1 Å². The van der Waals surface area contributed by atoms with Gasteiger partial charge in [0.05, 0.1) is 11.7 Å². The second-order valence-corrected chi connectivity index (χ2v) is 11.6. The summed E-state index contributed by atoms with van der Waals surface area (Å²) < 4.78 is 5.96. The Hall–Kier alpha value is -2.78. The van der Waals surface area contributed by atoms with Gasteiger partial charge in [0, 0.05) is 22.9 Å². The van der Waals surface area contributed by atoms with Crippen LogP contribution in [0.1, 0.15) is 63.7 Å². The van der Waals surface area contributed by atoms with Crippen molar-refractivity contribution in [2.24, 2.45) is 34.0 Å². The van der Waals surface area contributed by atoms with E-state index < -0.39 is 52.5 Å². The number of amides is 2. The number of aliphatic hydroxyl groups is 2. The van der Waals surface area contributed by atoms with Crippen molar-refractivity contribution in [3.05, 3.63) is 36.5 Å². The van der Waals surface area contributed by atoms with E-state index in [1.807, 2.05) is 27.7 Å². The highest BCUT2D eigenvalue weighted by Gasteiger charge is 2.70. The minimum Gasteiger partial charge on any atom is -0.445 e. The van der Waals surface area contributed by atoms with Crippen molar-refractivity contribution in [3.63, 3.8) is 0 Å². The summed E-state index contributed by atoms with van der Waals surface area (Å²) in [7, 11) is 0. The average molecular weight is 500 g/mol. The van der Waals surface area contributed by atoms with Crippen LogP contribution in [0.15, 0.2) is 31.0 Å². The van der Waals surface area contributed by atoms with E-state index in [1.165, 1.54) is 18.3 Å². The molecule has 3 fully saturated rings. The first-order valence-electron chi connectivity index (χ1n) is 12.6. The summed E-state index contributed by atoms with van der Waals surface area (Å²) in [5.41, 5.74) is 3.42. The molecule has 2 bridgehead atoms. The highest BCUT2D eigenvalue weighted by molar-refractivity contribution is 6.02. The molecule has 3 saturated carbocycles. The minimum absolute atomic E-state index is 0.0174. The van der Waals surface area contributed by atoms with Crippen LogP contribution in [0.2, 0.25) is 0 Å². The number of pyridine rings is 1. The predicted molar refractivity (Wildman–Crippen MR) is 133 cm³/mol. The van der Waals surface area contributed by atoms with Crippen LogP contribution in [0.3, 0.4) is 0 Å². The van der Waals surface area contributed by atoms with Gasteiger partial charge in [-0.3, -0.25) is 14.9 Å². The number of carbonyl (C=O) groups is 3. The van der Waals surface area contributed by atoms with Crippen molar-refractivity contribution in [2.45, 2.75) is 71.7 Å². The lowest BCUT2D eigenvalue weighted by atomic mass is 9.44. The molecule has 0 spiro atoms. The van der Waals surface area contributed by atoms with Crippen molar-refractivity contribution in [3.8, 4) is 0 Å². The Morgan fingerprint density at radius 3 is 2.56 bits per heavy atom. The van der Waals surface area contributed by atoms with Crippen LogP contribution in [-0.4, -0.2) is 51.3 Å². The molecule has 0 saturated heterocycles. The summed E-state index contributed by atoms with van der Waals surface area (Å²) in [4.78, 5) is 43.0. The number of imide groups is 1. The van der Waals surface area contributed by atoms with Crippen LogP contribution >= 0.6 is 0 Å².